The van der Waals surface area contributed by atoms with E-state index >= 15 is 0 Å². The fraction of sp³-hybridized carbons (Fsp3) is 0.625. The number of hydrogen-bond donors (Lipinski definition) is 1. The Kier molecular flexibility index (Phi) is 3.69. The molecule has 3 aliphatic rings. The standard InChI is InChI=1S/C16H21ClN2O3/c1-10-5-19-8-13(20)3-12(19)7-18(10)6-11-2-15-16(4-14(11)17)22-9-21-15/h2,4,10,12-13,20H,3,5-9H2,1H3/t10-,12?,13+/m0/s1. The lowest BCUT2D eigenvalue weighted by atomic mass is 10.1. The maximum absolute atomic E-state index is 9.86. The van der Waals surface area contributed by atoms with Crippen molar-refractivity contribution in [2.24, 2.45) is 0 Å². The minimum absolute atomic E-state index is 0.175. The van der Waals surface area contributed by atoms with Crippen molar-refractivity contribution in [1.82, 2.24) is 9.80 Å². The van der Waals surface area contributed by atoms with E-state index in [-0.39, 0.29) is 12.9 Å². The van der Waals surface area contributed by atoms with Gasteiger partial charge in [0.2, 0.25) is 6.79 Å². The highest BCUT2D eigenvalue weighted by Gasteiger charge is 2.38. The summed E-state index contributed by atoms with van der Waals surface area (Å²) >= 11 is 6.40. The van der Waals surface area contributed by atoms with Crippen molar-refractivity contribution in [3.63, 3.8) is 0 Å². The lowest BCUT2D eigenvalue weighted by molar-refractivity contribution is 0.0528. The number of ether oxygens (including phenoxy) is 2. The molecule has 0 spiro atoms. The lowest BCUT2D eigenvalue weighted by Crippen LogP contribution is -2.54. The third-order valence-corrected chi connectivity index (χ3v) is 5.34. The van der Waals surface area contributed by atoms with Crippen LogP contribution in [0.2, 0.25) is 5.02 Å². The summed E-state index contributed by atoms with van der Waals surface area (Å²) in [7, 11) is 0. The molecule has 0 aliphatic carbocycles. The Morgan fingerprint density at radius 2 is 2.00 bits per heavy atom. The van der Waals surface area contributed by atoms with E-state index in [1.165, 1.54) is 0 Å². The Hall–Kier alpha value is -1.01. The van der Waals surface area contributed by atoms with Crippen LogP contribution < -0.4 is 9.47 Å². The predicted molar refractivity (Wildman–Crippen MR) is 83.4 cm³/mol. The zero-order chi connectivity index (χ0) is 15.3. The van der Waals surface area contributed by atoms with Gasteiger partial charge in [0.1, 0.15) is 0 Å². The van der Waals surface area contributed by atoms with Gasteiger partial charge in [-0.15, -0.1) is 0 Å². The Labute approximate surface area is 135 Å². The molecule has 0 aromatic heterocycles. The number of aliphatic hydroxyl groups is 1. The molecule has 22 heavy (non-hydrogen) atoms. The third kappa shape index (κ3) is 2.56. The van der Waals surface area contributed by atoms with Crippen molar-refractivity contribution in [3.8, 4) is 11.5 Å². The SMILES string of the molecule is C[C@H]1CN2C[C@H](O)CC2CN1Cc1cc2c(cc1Cl)OCO2. The summed E-state index contributed by atoms with van der Waals surface area (Å²) in [6, 6.07) is 4.74. The highest BCUT2D eigenvalue weighted by atomic mass is 35.5. The molecule has 0 saturated carbocycles. The molecule has 5 nitrogen and oxygen atoms in total. The molecule has 2 saturated heterocycles. The van der Waals surface area contributed by atoms with E-state index in [1.54, 1.807) is 0 Å². The van der Waals surface area contributed by atoms with Crippen molar-refractivity contribution in [1.29, 1.82) is 0 Å². The van der Waals surface area contributed by atoms with Crippen molar-refractivity contribution >= 4 is 11.6 Å². The molecule has 2 fully saturated rings. The van der Waals surface area contributed by atoms with Crippen molar-refractivity contribution in [3.05, 3.63) is 22.7 Å². The molecule has 4 rings (SSSR count). The summed E-state index contributed by atoms with van der Waals surface area (Å²) in [5.41, 5.74) is 1.07. The van der Waals surface area contributed by atoms with Crippen LogP contribution in [-0.4, -0.2) is 59.5 Å². The van der Waals surface area contributed by atoms with Crippen LogP contribution in [0.1, 0.15) is 18.9 Å². The summed E-state index contributed by atoms with van der Waals surface area (Å²) in [4.78, 5) is 4.86. The van der Waals surface area contributed by atoms with Gasteiger partial charge in [-0.05, 0) is 25.0 Å². The van der Waals surface area contributed by atoms with Crippen LogP contribution in [-0.2, 0) is 6.54 Å². The molecule has 6 heteroatoms. The molecule has 1 aromatic carbocycles. The zero-order valence-corrected chi connectivity index (χ0v) is 13.4. The number of aliphatic hydroxyl groups excluding tert-OH is 1. The van der Waals surface area contributed by atoms with Gasteiger partial charge in [-0.2, -0.15) is 0 Å². The lowest BCUT2D eigenvalue weighted by Gasteiger charge is -2.42. The highest BCUT2D eigenvalue weighted by Crippen LogP contribution is 2.37. The van der Waals surface area contributed by atoms with E-state index in [0.717, 1.165) is 54.7 Å². The zero-order valence-electron chi connectivity index (χ0n) is 12.7. The Bertz CT molecular complexity index is 583. The van der Waals surface area contributed by atoms with Crippen LogP contribution in [0.15, 0.2) is 12.1 Å². The van der Waals surface area contributed by atoms with E-state index in [0.29, 0.717) is 12.1 Å². The molecule has 3 heterocycles. The largest absolute Gasteiger partial charge is 0.454 e. The molecule has 0 bridgehead atoms. The number of fused-ring (bicyclic) bond motifs is 2. The van der Waals surface area contributed by atoms with E-state index in [1.807, 2.05) is 12.1 Å². The molecular weight excluding hydrogens is 304 g/mol. The Balaban J connectivity index is 1.51. The fourth-order valence-corrected chi connectivity index (χ4v) is 4.01. The first-order valence-electron chi connectivity index (χ1n) is 7.84. The third-order valence-electron chi connectivity index (χ3n) is 4.99. The molecule has 1 N–H and O–H groups in total. The number of piperazine rings is 1. The first kappa shape index (κ1) is 14.6. The van der Waals surface area contributed by atoms with Crippen molar-refractivity contribution < 1.29 is 14.6 Å². The summed E-state index contributed by atoms with van der Waals surface area (Å²) < 4.78 is 10.8. The monoisotopic (exact) mass is 324 g/mol. The topological polar surface area (TPSA) is 45.2 Å². The van der Waals surface area contributed by atoms with Gasteiger partial charge in [0.15, 0.2) is 11.5 Å². The number of nitrogens with zero attached hydrogens (tertiary/aromatic N) is 2. The average molecular weight is 325 g/mol. The van der Waals surface area contributed by atoms with Crippen LogP contribution in [0.25, 0.3) is 0 Å². The quantitative estimate of drug-likeness (QED) is 0.897. The molecule has 0 radical (unpaired) electrons. The van der Waals surface area contributed by atoms with E-state index < -0.39 is 0 Å². The van der Waals surface area contributed by atoms with Crippen molar-refractivity contribution in [2.45, 2.75) is 38.1 Å². The number of benzene rings is 1. The van der Waals surface area contributed by atoms with Crippen LogP contribution in [0, 0.1) is 0 Å². The number of hydrogen-bond acceptors (Lipinski definition) is 5. The van der Waals surface area contributed by atoms with Crippen LogP contribution in [0.5, 0.6) is 11.5 Å². The van der Waals surface area contributed by atoms with Gasteiger partial charge in [-0.1, -0.05) is 11.6 Å². The maximum atomic E-state index is 9.86. The van der Waals surface area contributed by atoms with Crippen LogP contribution >= 0.6 is 11.6 Å². The van der Waals surface area contributed by atoms with E-state index in [9.17, 15) is 5.11 Å². The Morgan fingerprint density at radius 3 is 2.82 bits per heavy atom. The van der Waals surface area contributed by atoms with Crippen LogP contribution in [0.3, 0.4) is 0 Å². The first-order valence-corrected chi connectivity index (χ1v) is 8.22. The molecule has 3 atom stereocenters. The minimum atomic E-state index is -0.175. The molecule has 1 aromatic rings. The molecular formula is C16H21ClN2O3. The van der Waals surface area contributed by atoms with Crippen molar-refractivity contribution in [2.75, 3.05) is 26.4 Å². The van der Waals surface area contributed by atoms with Gasteiger partial charge >= 0.3 is 0 Å². The minimum Gasteiger partial charge on any atom is -0.454 e. The van der Waals surface area contributed by atoms with Crippen LogP contribution in [0.4, 0.5) is 0 Å². The Morgan fingerprint density at radius 1 is 1.23 bits per heavy atom. The number of rotatable bonds is 2. The average Bonchev–Trinajstić information content (AvgIpc) is 3.04. The fourth-order valence-electron chi connectivity index (χ4n) is 3.80. The molecule has 1 unspecified atom stereocenters. The van der Waals surface area contributed by atoms with Gasteiger partial charge in [-0.3, -0.25) is 9.80 Å². The molecule has 120 valence electrons. The smallest absolute Gasteiger partial charge is 0.231 e. The molecule has 3 aliphatic heterocycles. The van der Waals surface area contributed by atoms with E-state index in [2.05, 4.69) is 16.7 Å². The summed E-state index contributed by atoms with van der Waals surface area (Å²) in [6.07, 6.45) is 0.698. The highest BCUT2D eigenvalue weighted by molar-refractivity contribution is 6.31. The van der Waals surface area contributed by atoms with Gasteiger partial charge in [0.05, 0.1) is 6.10 Å². The summed E-state index contributed by atoms with van der Waals surface area (Å²) in [5.74, 6) is 1.51. The first-order chi connectivity index (χ1) is 10.6. The number of halogens is 1. The summed E-state index contributed by atoms with van der Waals surface area (Å²) in [6.45, 7) is 6.10. The summed E-state index contributed by atoms with van der Waals surface area (Å²) in [5, 5.41) is 10.6. The molecule has 0 amide bonds. The second kappa shape index (κ2) is 5.57. The van der Waals surface area contributed by atoms with E-state index in [4.69, 9.17) is 21.1 Å². The second-order valence-electron chi connectivity index (χ2n) is 6.57. The normalized spacial score (nSPS) is 31.5. The van der Waals surface area contributed by atoms with Gasteiger partial charge in [0.25, 0.3) is 0 Å². The maximum Gasteiger partial charge on any atom is 0.231 e. The van der Waals surface area contributed by atoms with Gasteiger partial charge < -0.3 is 14.6 Å². The van der Waals surface area contributed by atoms with Gasteiger partial charge in [-0.25, -0.2) is 0 Å². The second-order valence-corrected chi connectivity index (χ2v) is 6.98. The van der Waals surface area contributed by atoms with Gasteiger partial charge in [0, 0.05) is 49.4 Å². The predicted octanol–water partition coefficient (Wildman–Crippen LogP) is 1.71.